The Hall–Kier alpha value is -9.70. The van der Waals surface area contributed by atoms with Gasteiger partial charge >= 0.3 is 101 Å². The summed E-state index contributed by atoms with van der Waals surface area (Å²) in [6.07, 6.45) is 0.542. The van der Waals surface area contributed by atoms with Crippen LogP contribution in [0.4, 0.5) is 0 Å². The molecule has 0 unspecified atom stereocenters. The summed E-state index contributed by atoms with van der Waals surface area (Å²) < 4.78 is 50.1. The zero-order valence-electron chi connectivity index (χ0n) is 50.5. The number of pyridine rings is 1. The third-order valence-corrected chi connectivity index (χ3v) is 15.8. The summed E-state index contributed by atoms with van der Waals surface area (Å²) in [7, 11) is 0. The van der Waals surface area contributed by atoms with Crippen LogP contribution < -0.4 is 0 Å². The first kappa shape index (κ1) is 73.8. The molecule has 2 N–H and O–H groups in total. The number of hydrogen-bond acceptors (Lipinski definition) is 27. The number of ether oxygens (including phenoxy) is 7. The van der Waals surface area contributed by atoms with E-state index in [1.54, 1.807) is 44.2 Å². The SMILES string of the molecule is CC1(C)COC(c2cccc(C3=NC(C)(C)CO3)n2)=N1.CCOC(=O)C1=C[C@@H](O)[C@H](N=[N+]=[N-])[C@@H](N=[N+]=[N-])C1.CCOC(=O)[C@H]1CC=C[C@H](OC(C)=O)[C@@H]1[N+](=O)[O-].CCOC(=O)[C@H]1C[C@H](N=[N+]=[N-])[C@@H](N=[N+]=[N-])[C@H](OC(C)=O)[C@@H]1[N+](=O)[O-].O=C1OI(O)c2ccccc21. The van der Waals surface area contributed by atoms with Crippen molar-refractivity contribution < 1.29 is 83.4 Å². The van der Waals surface area contributed by atoms with Gasteiger partial charge in [0.05, 0.1) is 61.2 Å². The van der Waals surface area contributed by atoms with Gasteiger partial charge in [-0.25, -0.2) is 19.8 Å². The molecule has 38 heteroatoms. The molecule has 0 bridgehead atoms. The van der Waals surface area contributed by atoms with E-state index in [4.69, 9.17) is 58.3 Å². The summed E-state index contributed by atoms with van der Waals surface area (Å²) >= 11 is -2.52. The van der Waals surface area contributed by atoms with Crippen LogP contribution in [0.15, 0.2) is 96.7 Å². The van der Waals surface area contributed by atoms with Gasteiger partial charge in [-0.2, -0.15) is 0 Å². The van der Waals surface area contributed by atoms with Crippen molar-refractivity contribution in [1.82, 2.24) is 4.98 Å². The Bertz CT molecular complexity index is 3310. The number of aliphatic hydroxyl groups is 1. The Morgan fingerprint density at radius 3 is 1.73 bits per heavy atom. The zero-order valence-corrected chi connectivity index (χ0v) is 52.7. The van der Waals surface area contributed by atoms with E-state index in [9.17, 15) is 57.5 Å². The Morgan fingerprint density at radius 1 is 0.725 bits per heavy atom. The van der Waals surface area contributed by atoms with Crippen molar-refractivity contribution in [2.75, 3.05) is 33.0 Å². The average molecular weight is 1390 g/mol. The molecule has 0 amide bonds. The van der Waals surface area contributed by atoms with Crippen molar-refractivity contribution >= 4 is 68.3 Å². The van der Waals surface area contributed by atoms with Crippen molar-refractivity contribution in [3.05, 3.63) is 149 Å². The molecule has 1 aromatic heterocycles. The molecule has 3 aliphatic heterocycles. The van der Waals surface area contributed by atoms with Crippen molar-refractivity contribution in [3.63, 3.8) is 0 Å². The molecule has 1 saturated carbocycles. The van der Waals surface area contributed by atoms with E-state index in [0.717, 1.165) is 18.3 Å². The van der Waals surface area contributed by atoms with Gasteiger partial charge in [0.15, 0.2) is 12.2 Å². The van der Waals surface area contributed by atoms with Gasteiger partial charge in [0.1, 0.15) is 36.4 Å². The molecule has 8 rings (SSSR count). The first-order valence-corrected chi connectivity index (χ1v) is 30.5. The molecule has 2 aromatic rings. The molecule has 3 aliphatic carbocycles. The van der Waals surface area contributed by atoms with E-state index in [0.29, 0.717) is 34.1 Å². The Morgan fingerprint density at radius 2 is 1.24 bits per heavy atom. The summed E-state index contributed by atoms with van der Waals surface area (Å²) in [6, 6.07) is 5.58. The number of aromatic nitrogens is 1. The summed E-state index contributed by atoms with van der Waals surface area (Å²) in [4.78, 5) is 113. The monoisotopic (exact) mass is 1390 g/mol. The van der Waals surface area contributed by atoms with E-state index in [1.807, 2.05) is 45.9 Å². The third kappa shape index (κ3) is 21.2. The van der Waals surface area contributed by atoms with E-state index in [2.05, 4.69) is 55.1 Å². The fourth-order valence-electron chi connectivity index (χ4n) is 9.27. The number of carbonyl (C=O) groups is 6. The number of aliphatic imine (C=N–C) groups is 2. The fraction of sp³-hybridized carbons (Fsp3) is 0.566. The van der Waals surface area contributed by atoms with Crippen LogP contribution in [0.1, 0.15) is 103 Å². The van der Waals surface area contributed by atoms with Gasteiger partial charge in [-0.15, -0.1) is 0 Å². The van der Waals surface area contributed by atoms with Crippen LogP contribution in [0.2, 0.25) is 0 Å². The first-order valence-electron chi connectivity index (χ1n) is 27.6. The normalized spacial score (nSPS) is 25.2. The molecule has 1 fully saturated rings. The standard InChI is InChI=1S/C15H19N3O2.C11H15N7O6.C11H15NO6.C9H12N6O3.C7H5IO3/c1-14(2)8-19-12(17-14)10-6-5-7-11(16-10)13-18-15(3,4)9-20-13;1-3-23-11(20)6-4-7(14-16-12)8(15-17-13)10(24-5(2)19)9(6)18(21)22;1-3-17-11(14)8-5-4-6-9(18-7(2)13)10(8)12(15)16;1-2-18-9(17)5-3-6(12-14-10)8(13-15-11)7(16)4-5;9-7-5-3-1-2-4-6(5)8(10)11-7/h5-7H,8-9H2,1-4H3;6-10H,3-4H2,1-2H3;4,6,8-10H,3,5H2,1-2H3;4,6-8,16H,2-3H2,1H3;1-4,10H/t;6-,7-,8+,9+,10-;8-,9-,10+;6-,7+,8+;/m.000./s1. The van der Waals surface area contributed by atoms with E-state index in [1.165, 1.54) is 26.0 Å². The zero-order chi connectivity index (χ0) is 67.8. The summed E-state index contributed by atoms with van der Waals surface area (Å²) in [6.45, 7) is 16.7. The van der Waals surface area contributed by atoms with Gasteiger partial charge in [-0.05, 0) is 114 Å². The molecule has 1 aromatic carbocycles. The van der Waals surface area contributed by atoms with Gasteiger partial charge in [0, 0.05) is 48.9 Å². The number of aliphatic hydroxyl groups excluding tert-OH is 1. The van der Waals surface area contributed by atoms with Crippen LogP contribution in [-0.2, 0) is 60.2 Å². The number of nitrogens with zero attached hydrogens (tertiary/aromatic N) is 17. The molecule has 0 saturated heterocycles. The minimum atomic E-state index is -2.52. The van der Waals surface area contributed by atoms with Crippen LogP contribution in [0.5, 0.6) is 0 Å². The molecule has 91 heavy (non-hydrogen) atoms. The molecule has 6 aliphatic rings. The van der Waals surface area contributed by atoms with Gasteiger partial charge < -0.3 is 38.3 Å². The van der Waals surface area contributed by atoms with Crippen LogP contribution >= 0.6 is 20.6 Å². The molecule has 11 atom stereocenters. The topological polar surface area (TPSA) is 536 Å². The summed E-state index contributed by atoms with van der Waals surface area (Å²) in [5.41, 5.74) is 35.9. The second kappa shape index (κ2) is 34.9. The van der Waals surface area contributed by atoms with Crippen LogP contribution in [0.3, 0.4) is 0 Å². The summed E-state index contributed by atoms with van der Waals surface area (Å²) in [5, 5.41) is 45.8. The van der Waals surface area contributed by atoms with Crippen molar-refractivity contribution in [3.8, 4) is 0 Å². The Kier molecular flexibility index (Phi) is 28.3. The second-order valence-electron chi connectivity index (χ2n) is 20.9. The fourth-order valence-corrected chi connectivity index (χ4v) is 11.5. The maximum absolute atomic E-state index is 12.1. The van der Waals surface area contributed by atoms with Gasteiger partial charge in [0.2, 0.25) is 11.8 Å². The van der Waals surface area contributed by atoms with Crippen LogP contribution in [0, 0.1) is 35.6 Å². The molecule has 0 spiro atoms. The van der Waals surface area contributed by atoms with E-state index in [-0.39, 0.29) is 61.7 Å². The second-order valence-corrected chi connectivity index (χ2v) is 23.8. The number of carbonyl (C=O) groups excluding carboxylic acids is 6. The molecule has 37 nitrogen and oxygen atoms in total. The number of allylic oxidation sites excluding steroid dienone is 1. The predicted octanol–water partition coefficient (Wildman–Crippen LogP) is 7.35. The number of halogens is 1. The minimum absolute atomic E-state index is 0.00996. The Balaban J connectivity index is 0.000000247. The first-order chi connectivity index (χ1) is 43.1. The number of rotatable bonds is 16. The van der Waals surface area contributed by atoms with Gasteiger partial charge in [-0.1, -0.05) is 32.6 Å². The number of hydrogen-bond donors (Lipinski definition) is 2. The van der Waals surface area contributed by atoms with Crippen molar-refractivity contribution in [2.45, 2.75) is 147 Å². The Labute approximate surface area is 525 Å². The molecular weight excluding hydrogens is 1320 g/mol. The number of nitro groups is 2. The number of esters is 5. The quantitative estimate of drug-likeness (QED) is 0.0191. The van der Waals surface area contributed by atoms with E-state index < -0.39 is 127 Å². The third-order valence-electron chi connectivity index (χ3n) is 13.1. The maximum atomic E-state index is 12.1. The number of fused-ring (bicyclic) bond motifs is 1. The predicted molar refractivity (Wildman–Crippen MR) is 323 cm³/mol. The molecular formula is C53H66IN17O20. The van der Waals surface area contributed by atoms with Crippen molar-refractivity contribution in [1.29, 1.82) is 0 Å². The van der Waals surface area contributed by atoms with Gasteiger partial charge in [-0.3, -0.25) is 39.4 Å². The average Bonchev–Trinajstić information content (AvgIpc) is 1.72. The number of azide groups is 4. The van der Waals surface area contributed by atoms with Gasteiger partial charge in [0.25, 0.3) is 12.1 Å². The van der Waals surface area contributed by atoms with Crippen LogP contribution in [-0.4, -0.2) is 170 Å². The summed E-state index contributed by atoms with van der Waals surface area (Å²) in [5.74, 6) is -5.02. The molecule has 490 valence electrons. The van der Waals surface area contributed by atoms with Crippen LogP contribution in [0.25, 0.3) is 41.8 Å². The molecule has 0 radical (unpaired) electrons. The molecule has 4 heterocycles. The van der Waals surface area contributed by atoms with E-state index >= 15 is 0 Å². The van der Waals surface area contributed by atoms with Crippen molar-refractivity contribution in [2.24, 2.45) is 42.3 Å². The number of benzene rings is 1.